The Bertz CT molecular complexity index is 435. The van der Waals surface area contributed by atoms with Crippen molar-refractivity contribution in [2.75, 3.05) is 13.1 Å². The minimum atomic E-state index is -0.760. The first-order valence-corrected chi connectivity index (χ1v) is 6.51. The minimum absolute atomic E-state index is 0.191. The van der Waals surface area contributed by atoms with Crippen molar-refractivity contribution in [2.24, 2.45) is 0 Å². The summed E-state index contributed by atoms with van der Waals surface area (Å²) < 4.78 is 0. The normalized spacial score (nSPS) is 27.4. The van der Waals surface area contributed by atoms with Gasteiger partial charge in [-0.15, -0.1) is 0 Å². The Balaban J connectivity index is 1.69. The fraction of sp³-hybridized carbons (Fsp3) is 0.500. The Hall–Kier alpha value is -1.55. The van der Waals surface area contributed by atoms with Crippen molar-refractivity contribution in [1.29, 1.82) is 0 Å². The number of carbonyl (C=O) groups is 1. The minimum Gasteiger partial charge on any atom is -0.465 e. The zero-order valence-electron chi connectivity index (χ0n) is 10.3. The molecule has 4 nitrogen and oxygen atoms in total. The van der Waals surface area contributed by atoms with Crippen molar-refractivity contribution < 1.29 is 9.90 Å². The van der Waals surface area contributed by atoms with Crippen molar-refractivity contribution in [2.45, 2.75) is 31.5 Å². The average molecular weight is 246 g/mol. The second kappa shape index (κ2) is 4.61. The van der Waals surface area contributed by atoms with E-state index in [0.29, 0.717) is 12.6 Å². The van der Waals surface area contributed by atoms with Gasteiger partial charge in [0.1, 0.15) is 0 Å². The Morgan fingerprint density at radius 2 is 1.89 bits per heavy atom. The van der Waals surface area contributed by atoms with E-state index in [0.717, 1.165) is 25.9 Å². The maximum atomic E-state index is 11.1. The predicted octanol–water partition coefficient (Wildman–Crippen LogP) is 2.01. The van der Waals surface area contributed by atoms with E-state index in [9.17, 15) is 4.79 Å². The molecule has 0 aromatic heterocycles. The van der Waals surface area contributed by atoms with Gasteiger partial charge in [-0.1, -0.05) is 30.3 Å². The molecular weight excluding hydrogens is 228 g/mol. The maximum Gasteiger partial charge on any atom is 0.407 e. The number of hydrogen-bond acceptors (Lipinski definition) is 2. The van der Waals surface area contributed by atoms with Gasteiger partial charge in [0.05, 0.1) is 0 Å². The number of carboxylic acid groups (broad SMARTS) is 1. The molecule has 2 atom stereocenters. The van der Waals surface area contributed by atoms with E-state index in [4.69, 9.17) is 5.11 Å². The zero-order valence-corrected chi connectivity index (χ0v) is 10.3. The molecular formula is C14H18N2O2. The van der Waals surface area contributed by atoms with Crippen LogP contribution in [0, 0.1) is 0 Å². The summed E-state index contributed by atoms with van der Waals surface area (Å²) in [5.41, 5.74) is 1.31. The largest absolute Gasteiger partial charge is 0.465 e. The average Bonchev–Trinajstić information content (AvgIpc) is 2.40. The maximum absolute atomic E-state index is 11.1. The molecule has 0 radical (unpaired) electrons. The molecule has 1 aromatic carbocycles. The SMILES string of the molecule is O=C(O)N1CC2CCC1CN2Cc1ccccc1. The molecule has 18 heavy (non-hydrogen) atoms. The highest BCUT2D eigenvalue weighted by atomic mass is 16.4. The van der Waals surface area contributed by atoms with E-state index in [-0.39, 0.29) is 6.04 Å². The number of nitrogens with zero attached hydrogens (tertiary/aromatic N) is 2. The van der Waals surface area contributed by atoms with Gasteiger partial charge in [0, 0.05) is 31.7 Å². The van der Waals surface area contributed by atoms with E-state index in [2.05, 4.69) is 29.2 Å². The summed E-state index contributed by atoms with van der Waals surface area (Å²) in [5, 5.41) is 9.14. The highest BCUT2D eigenvalue weighted by Crippen LogP contribution is 2.29. The highest BCUT2D eigenvalue weighted by molar-refractivity contribution is 5.66. The summed E-state index contributed by atoms with van der Waals surface area (Å²) in [6.45, 7) is 2.49. The third kappa shape index (κ3) is 2.08. The summed E-state index contributed by atoms with van der Waals surface area (Å²) in [6, 6.07) is 11.0. The number of piperidine rings is 2. The molecule has 1 aromatic rings. The van der Waals surface area contributed by atoms with Gasteiger partial charge in [-0.2, -0.15) is 0 Å². The van der Waals surface area contributed by atoms with Gasteiger partial charge >= 0.3 is 6.09 Å². The second-order valence-electron chi connectivity index (χ2n) is 5.23. The molecule has 3 aliphatic heterocycles. The lowest BCUT2D eigenvalue weighted by molar-refractivity contribution is -0.0152. The molecule has 3 saturated heterocycles. The predicted molar refractivity (Wildman–Crippen MR) is 68.4 cm³/mol. The highest BCUT2D eigenvalue weighted by Gasteiger charge is 2.40. The van der Waals surface area contributed by atoms with E-state index >= 15 is 0 Å². The van der Waals surface area contributed by atoms with Crippen molar-refractivity contribution in [3.05, 3.63) is 35.9 Å². The quantitative estimate of drug-likeness (QED) is 0.868. The summed E-state index contributed by atoms with van der Waals surface area (Å²) >= 11 is 0. The first-order valence-electron chi connectivity index (χ1n) is 6.51. The van der Waals surface area contributed by atoms with E-state index in [1.165, 1.54) is 5.56 Å². The number of hydrogen-bond donors (Lipinski definition) is 1. The number of piperazine rings is 1. The number of fused-ring (bicyclic) bond motifs is 3. The molecule has 96 valence electrons. The first-order chi connectivity index (χ1) is 8.74. The summed E-state index contributed by atoms with van der Waals surface area (Å²) in [6.07, 6.45) is 1.38. The Morgan fingerprint density at radius 3 is 2.50 bits per heavy atom. The molecule has 4 heteroatoms. The monoisotopic (exact) mass is 246 g/mol. The van der Waals surface area contributed by atoms with Gasteiger partial charge in [-0.25, -0.2) is 4.79 Å². The number of rotatable bonds is 2. The molecule has 2 unspecified atom stereocenters. The Kier molecular flexibility index (Phi) is 2.96. The lowest BCUT2D eigenvalue weighted by Gasteiger charge is -2.50. The van der Waals surface area contributed by atoms with E-state index in [1.54, 1.807) is 4.90 Å². The van der Waals surface area contributed by atoms with Crippen LogP contribution < -0.4 is 0 Å². The third-order valence-electron chi connectivity index (χ3n) is 4.12. The fourth-order valence-electron chi connectivity index (χ4n) is 3.16. The molecule has 4 rings (SSSR count). The van der Waals surface area contributed by atoms with E-state index < -0.39 is 6.09 Å². The molecule has 3 fully saturated rings. The fourth-order valence-corrected chi connectivity index (χ4v) is 3.16. The Morgan fingerprint density at radius 1 is 1.17 bits per heavy atom. The van der Waals surface area contributed by atoms with Crippen LogP contribution in [-0.2, 0) is 6.54 Å². The summed E-state index contributed by atoms with van der Waals surface area (Å²) in [4.78, 5) is 15.2. The van der Waals surface area contributed by atoms with Crippen LogP contribution in [0.25, 0.3) is 0 Å². The summed E-state index contributed by atoms with van der Waals surface area (Å²) in [7, 11) is 0. The lowest BCUT2D eigenvalue weighted by atomic mass is 9.91. The molecule has 1 N–H and O–H groups in total. The molecule has 1 amide bonds. The molecule has 0 saturated carbocycles. The van der Waals surface area contributed by atoms with Crippen molar-refractivity contribution in [3.63, 3.8) is 0 Å². The van der Waals surface area contributed by atoms with Crippen LogP contribution in [0.4, 0.5) is 4.79 Å². The molecule has 3 aliphatic rings. The zero-order chi connectivity index (χ0) is 12.5. The van der Waals surface area contributed by atoms with Crippen molar-refractivity contribution >= 4 is 6.09 Å². The van der Waals surface area contributed by atoms with Crippen molar-refractivity contribution in [1.82, 2.24) is 9.80 Å². The van der Waals surface area contributed by atoms with Crippen LogP contribution in [0.1, 0.15) is 18.4 Å². The lowest BCUT2D eigenvalue weighted by Crippen LogP contribution is -2.63. The van der Waals surface area contributed by atoms with Crippen LogP contribution in [0.2, 0.25) is 0 Å². The second-order valence-corrected chi connectivity index (χ2v) is 5.23. The van der Waals surface area contributed by atoms with Crippen LogP contribution in [0.5, 0.6) is 0 Å². The first kappa shape index (κ1) is 11.5. The van der Waals surface area contributed by atoms with Gasteiger partial charge in [0.15, 0.2) is 0 Å². The smallest absolute Gasteiger partial charge is 0.407 e. The molecule has 0 aliphatic carbocycles. The molecule has 2 bridgehead atoms. The van der Waals surface area contributed by atoms with Crippen LogP contribution in [0.3, 0.4) is 0 Å². The van der Waals surface area contributed by atoms with Gasteiger partial charge in [-0.3, -0.25) is 4.90 Å². The van der Waals surface area contributed by atoms with Gasteiger partial charge in [0.2, 0.25) is 0 Å². The summed E-state index contributed by atoms with van der Waals surface area (Å²) in [5.74, 6) is 0. The molecule has 0 spiro atoms. The third-order valence-corrected chi connectivity index (χ3v) is 4.12. The standard InChI is InChI=1S/C14H18N2O2/c17-14(18)16-10-12-6-7-13(16)9-15(12)8-11-4-2-1-3-5-11/h1-5,12-13H,6-10H2,(H,17,18). The topological polar surface area (TPSA) is 43.8 Å². The van der Waals surface area contributed by atoms with Gasteiger partial charge in [0.25, 0.3) is 0 Å². The van der Waals surface area contributed by atoms with Crippen LogP contribution in [0.15, 0.2) is 30.3 Å². The van der Waals surface area contributed by atoms with Gasteiger partial charge in [-0.05, 0) is 18.4 Å². The number of benzene rings is 1. The molecule has 3 heterocycles. The van der Waals surface area contributed by atoms with E-state index in [1.807, 2.05) is 6.07 Å². The van der Waals surface area contributed by atoms with Crippen LogP contribution in [-0.4, -0.2) is 46.2 Å². The van der Waals surface area contributed by atoms with Crippen LogP contribution >= 0.6 is 0 Å². The number of amides is 1. The Labute approximate surface area is 107 Å². The van der Waals surface area contributed by atoms with Gasteiger partial charge < -0.3 is 10.0 Å². The van der Waals surface area contributed by atoms with Crippen molar-refractivity contribution in [3.8, 4) is 0 Å².